The van der Waals surface area contributed by atoms with E-state index in [0.29, 0.717) is 12.2 Å². The maximum Gasteiger partial charge on any atom is 0.0884 e. The molecule has 0 heterocycles. The van der Waals surface area contributed by atoms with Gasteiger partial charge in [-0.3, -0.25) is 0 Å². The first-order valence-electron chi connectivity index (χ1n) is 5.08. The van der Waals surface area contributed by atoms with Gasteiger partial charge in [0.1, 0.15) is 0 Å². The van der Waals surface area contributed by atoms with Gasteiger partial charge in [0, 0.05) is 12.2 Å². The molecule has 0 saturated carbocycles. The molecule has 1 aromatic rings. The van der Waals surface area contributed by atoms with Gasteiger partial charge in [-0.2, -0.15) is 0 Å². The van der Waals surface area contributed by atoms with Crippen LogP contribution in [0.3, 0.4) is 0 Å². The second-order valence-corrected chi connectivity index (χ2v) is 3.81. The molecule has 0 unspecified atom stereocenters. The summed E-state index contributed by atoms with van der Waals surface area (Å²) in [5, 5.41) is 30.2. The van der Waals surface area contributed by atoms with E-state index in [0.717, 1.165) is 5.56 Å². The van der Waals surface area contributed by atoms with Crippen LogP contribution in [0.2, 0.25) is 0 Å². The normalized spacial score (nSPS) is 11.7. The molecule has 0 saturated heterocycles. The molecule has 0 amide bonds. The molecule has 1 rings (SSSR count). The minimum Gasteiger partial charge on any atom is -0.398 e. The number of hydrogen-bond donors (Lipinski definition) is 5. The van der Waals surface area contributed by atoms with Gasteiger partial charge < -0.3 is 26.4 Å². The number of aliphatic hydroxyl groups is 3. The number of para-hydroxylation sites is 1. The molecule has 0 fully saturated rings. The predicted octanol–water partition coefficient (Wildman–Crippen LogP) is -0.926. The van der Waals surface area contributed by atoms with Gasteiger partial charge >= 0.3 is 0 Å². The summed E-state index contributed by atoms with van der Waals surface area (Å²) in [5.74, 6) is 0. The lowest BCUT2D eigenvalue weighted by Crippen LogP contribution is -2.54. The monoisotopic (exact) mass is 226 g/mol. The van der Waals surface area contributed by atoms with Gasteiger partial charge in [-0.05, 0) is 11.6 Å². The zero-order valence-corrected chi connectivity index (χ0v) is 9.06. The summed E-state index contributed by atoms with van der Waals surface area (Å²) in [6, 6.07) is 7.30. The van der Waals surface area contributed by atoms with Gasteiger partial charge in [0.2, 0.25) is 0 Å². The summed E-state index contributed by atoms with van der Waals surface area (Å²) in [7, 11) is 0. The average Bonchev–Trinajstić information content (AvgIpc) is 2.34. The van der Waals surface area contributed by atoms with E-state index < -0.39 is 5.54 Å². The molecule has 0 spiro atoms. The fraction of sp³-hybridized carbons (Fsp3) is 0.455. The highest BCUT2D eigenvalue weighted by Gasteiger charge is 2.27. The summed E-state index contributed by atoms with van der Waals surface area (Å²) in [6.07, 6.45) is 0. The predicted molar refractivity (Wildman–Crippen MR) is 61.7 cm³/mol. The Morgan fingerprint density at radius 1 is 1.06 bits per heavy atom. The largest absolute Gasteiger partial charge is 0.398 e. The van der Waals surface area contributed by atoms with E-state index >= 15 is 0 Å². The third-order valence-corrected chi connectivity index (χ3v) is 2.62. The van der Waals surface area contributed by atoms with Crippen molar-refractivity contribution in [2.24, 2.45) is 0 Å². The van der Waals surface area contributed by atoms with Gasteiger partial charge in [-0.1, -0.05) is 18.2 Å². The molecular weight excluding hydrogens is 208 g/mol. The van der Waals surface area contributed by atoms with E-state index in [1.54, 1.807) is 6.07 Å². The van der Waals surface area contributed by atoms with Crippen molar-refractivity contribution < 1.29 is 15.3 Å². The number of nitrogen functional groups attached to an aromatic ring is 1. The Kier molecular flexibility index (Phi) is 4.70. The van der Waals surface area contributed by atoms with Crippen molar-refractivity contribution in [3.05, 3.63) is 29.8 Å². The SMILES string of the molecule is Nc1ccccc1CNC(CO)(CO)CO. The van der Waals surface area contributed by atoms with Crippen LogP contribution in [0.5, 0.6) is 0 Å². The third kappa shape index (κ3) is 2.93. The van der Waals surface area contributed by atoms with Crippen molar-refractivity contribution >= 4 is 5.69 Å². The second kappa shape index (κ2) is 5.81. The van der Waals surface area contributed by atoms with Crippen LogP contribution in [0.4, 0.5) is 5.69 Å². The number of hydrogen-bond acceptors (Lipinski definition) is 5. The molecule has 5 heteroatoms. The molecule has 0 aliphatic rings. The maximum atomic E-state index is 9.11. The highest BCUT2D eigenvalue weighted by Crippen LogP contribution is 2.12. The van der Waals surface area contributed by atoms with E-state index in [1.165, 1.54) is 0 Å². The minimum atomic E-state index is -1.07. The Balaban J connectivity index is 2.66. The highest BCUT2D eigenvalue weighted by molar-refractivity contribution is 5.46. The third-order valence-electron chi connectivity index (χ3n) is 2.62. The summed E-state index contributed by atoms with van der Waals surface area (Å²) in [5.41, 5.74) is 6.18. The Hall–Kier alpha value is -1.14. The number of aliphatic hydroxyl groups excluding tert-OH is 3. The number of benzene rings is 1. The van der Waals surface area contributed by atoms with Crippen LogP contribution in [0.15, 0.2) is 24.3 Å². The Labute approximate surface area is 94.5 Å². The number of nitrogens with two attached hydrogens (primary N) is 1. The van der Waals surface area contributed by atoms with Crippen LogP contribution in [-0.2, 0) is 6.54 Å². The fourth-order valence-corrected chi connectivity index (χ4v) is 1.30. The lowest BCUT2D eigenvalue weighted by molar-refractivity contribution is 0.0414. The van der Waals surface area contributed by atoms with Crippen LogP contribution in [-0.4, -0.2) is 40.7 Å². The van der Waals surface area contributed by atoms with Gasteiger partial charge in [0.05, 0.1) is 25.4 Å². The molecule has 0 aliphatic heterocycles. The van der Waals surface area contributed by atoms with Crippen LogP contribution in [0.25, 0.3) is 0 Å². The van der Waals surface area contributed by atoms with E-state index in [4.69, 9.17) is 21.1 Å². The Bertz CT molecular complexity index is 318. The van der Waals surface area contributed by atoms with Crippen LogP contribution in [0, 0.1) is 0 Å². The maximum absolute atomic E-state index is 9.11. The first kappa shape index (κ1) is 12.9. The lowest BCUT2D eigenvalue weighted by Gasteiger charge is -2.29. The molecule has 6 N–H and O–H groups in total. The fourth-order valence-electron chi connectivity index (χ4n) is 1.30. The summed E-state index contributed by atoms with van der Waals surface area (Å²) in [6.45, 7) is -0.638. The van der Waals surface area contributed by atoms with E-state index in [1.807, 2.05) is 18.2 Å². The topological polar surface area (TPSA) is 98.7 Å². The zero-order valence-electron chi connectivity index (χ0n) is 9.06. The number of nitrogens with one attached hydrogen (secondary N) is 1. The quantitative estimate of drug-likeness (QED) is 0.404. The Morgan fingerprint density at radius 2 is 1.62 bits per heavy atom. The molecule has 0 bridgehead atoms. The molecule has 0 aliphatic carbocycles. The van der Waals surface area contributed by atoms with Gasteiger partial charge in [-0.15, -0.1) is 0 Å². The summed E-state index contributed by atoms with van der Waals surface area (Å²) >= 11 is 0. The summed E-state index contributed by atoms with van der Waals surface area (Å²) in [4.78, 5) is 0. The molecule has 0 aromatic heterocycles. The first-order valence-corrected chi connectivity index (χ1v) is 5.08. The standard InChI is InChI=1S/C11H18N2O3/c12-10-4-2-1-3-9(10)5-13-11(6-14,7-15)8-16/h1-4,13-16H,5-8,12H2. The van der Waals surface area contributed by atoms with Gasteiger partial charge in [-0.25, -0.2) is 0 Å². The van der Waals surface area contributed by atoms with E-state index in [2.05, 4.69) is 5.32 Å². The van der Waals surface area contributed by atoms with Crippen molar-refractivity contribution in [2.45, 2.75) is 12.1 Å². The van der Waals surface area contributed by atoms with E-state index in [9.17, 15) is 0 Å². The average molecular weight is 226 g/mol. The number of anilines is 1. The van der Waals surface area contributed by atoms with Gasteiger partial charge in [0.15, 0.2) is 0 Å². The summed E-state index contributed by atoms with van der Waals surface area (Å²) < 4.78 is 0. The Morgan fingerprint density at radius 3 is 2.12 bits per heavy atom. The molecule has 0 radical (unpaired) electrons. The highest BCUT2D eigenvalue weighted by atomic mass is 16.3. The van der Waals surface area contributed by atoms with Crippen molar-refractivity contribution in [1.29, 1.82) is 0 Å². The van der Waals surface area contributed by atoms with Crippen molar-refractivity contribution in [3.8, 4) is 0 Å². The van der Waals surface area contributed by atoms with Crippen LogP contribution < -0.4 is 11.1 Å². The molecule has 0 atom stereocenters. The first-order chi connectivity index (χ1) is 7.67. The smallest absolute Gasteiger partial charge is 0.0884 e. The molecule has 90 valence electrons. The number of rotatable bonds is 6. The van der Waals surface area contributed by atoms with Crippen molar-refractivity contribution in [3.63, 3.8) is 0 Å². The molecule has 16 heavy (non-hydrogen) atoms. The van der Waals surface area contributed by atoms with Crippen LogP contribution >= 0.6 is 0 Å². The lowest BCUT2D eigenvalue weighted by atomic mass is 10.0. The zero-order chi connectivity index (χ0) is 12.0. The van der Waals surface area contributed by atoms with Crippen molar-refractivity contribution in [1.82, 2.24) is 5.32 Å². The molecule has 5 nitrogen and oxygen atoms in total. The minimum absolute atomic E-state index is 0.341. The molecular formula is C11H18N2O3. The van der Waals surface area contributed by atoms with E-state index in [-0.39, 0.29) is 19.8 Å². The second-order valence-electron chi connectivity index (χ2n) is 3.81. The van der Waals surface area contributed by atoms with Gasteiger partial charge in [0.25, 0.3) is 0 Å². The van der Waals surface area contributed by atoms with Crippen molar-refractivity contribution in [2.75, 3.05) is 25.6 Å². The molecule has 1 aromatic carbocycles. The van der Waals surface area contributed by atoms with Crippen LogP contribution in [0.1, 0.15) is 5.56 Å².